The molecule has 1 atom stereocenters. The summed E-state index contributed by atoms with van der Waals surface area (Å²) in [5, 5.41) is 11.9. The number of benzene rings is 1. The van der Waals surface area contributed by atoms with E-state index >= 15 is 0 Å². The summed E-state index contributed by atoms with van der Waals surface area (Å²) < 4.78 is 17.6. The van der Waals surface area contributed by atoms with Crippen molar-refractivity contribution >= 4 is 11.5 Å². The van der Waals surface area contributed by atoms with E-state index in [4.69, 9.17) is 0 Å². The van der Waals surface area contributed by atoms with Crippen molar-refractivity contribution in [2.24, 2.45) is 7.05 Å². The second-order valence-electron chi connectivity index (χ2n) is 5.92. The van der Waals surface area contributed by atoms with E-state index in [9.17, 15) is 4.39 Å². The number of anilines is 1. The Hall–Kier alpha value is -3.22. The molecule has 0 bridgehead atoms. The molecule has 0 radical (unpaired) electrons. The third-order valence-corrected chi connectivity index (χ3v) is 4.10. The quantitative estimate of drug-likeness (QED) is 0.620. The first kappa shape index (κ1) is 15.3. The molecular weight excluding hydrogens is 319 g/mol. The second-order valence-corrected chi connectivity index (χ2v) is 5.92. The third-order valence-electron chi connectivity index (χ3n) is 4.10. The van der Waals surface area contributed by atoms with E-state index in [1.807, 2.05) is 32.4 Å². The normalized spacial score (nSPS) is 12.4. The molecule has 25 heavy (non-hydrogen) atoms. The van der Waals surface area contributed by atoms with Crippen molar-refractivity contribution in [1.29, 1.82) is 0 Å². The number of hydrogen-bond donors (Lipinski definition) is 1. The van der Waals surface area contributed by atoms with Gasteiger partial charge < -0.3 is 5.32 Å². The van der Waals surface area contributed by atoms with Crippen LogP contribution in [-0.4, -0.2) is 24.4 Å². The molecule has 1 N–H and O–H groups in total. The van der Waals surface area contributed by atoms with E-state index in [1.54, 1.807) is 39.7 Å². The Morgan fingerprint density at radius 1 is 1.16 bits per heavy atom. The van der Waals surface area contributed by atoms with Gasteiger partial charge in [-0.25, -0.2) is 9.37 Å². The molecule has 0 aliphatic carbocycles. The molecule has 0 aliphatic rings. The Balaban J connectivity index is 1.77. The molecule has 4 rings (SSSR count). The molecule has 0 unspecified atom stereocenters. The van der Waals surface area contributed by atoms with Gasteiger partial charge >= 0.3 is 0 Å². The Morgan fingerprint density at radius 3 is 2.76 bits per heavy atom. The second kappa shape index (κ2) is 6.01. The molecule has 3 heterocycles. The van der Waals surface area contributed by atoms with E-state index in [1.165, 1.54) is 6.07 Å². The molecule has 0 spiro atoms. The number of nitrogens with zero attached hydrogens (tertiary/aromatic N) is 5. The number of rotatable bonds is 4. The van der Waals surface area contributed by atoms with Crippen LogP contribution in [0.3, 0.4) is 0 Å². The van der Waals surface area contributed by atoms with Crippen LogP contribution in [0.5, 0.6) is 0 Å². The molecule has 0 saturated heterocycles. The predicted octanol–water partition coefficient (Wildman–Crippen LogP) is 3.44. The maximum atomic E-state index is 14.2. The lowest BCUT2D eigenvalue weighted by atomic mass is 10.1. The van der Waals surface area contributed by atoms with Gasteiger partial charge in [-0.3, -0.25) is 4.68 Å². The molecular formula is C18H17FN6. The van der Waals surface area contributed by atoms with Gasteiger partial charge in [0.25, 0.3) is 0 Å². The standard InChI is InChI=1S/C18H17FN6/c1-12(13-10-21-24(2)11-13)22-18-9-16(14-5-3-4-6-15(14)19)23-17-7-8-20-25(17)18/h3-12,22H,1-2H3/t12-/m1/s1. The van der Waals surface area contributed by atoms with Crippen LogP contribution in [0.15, 0.2) is 55.0 Å². The molecule has 126 valence electrons. The average molecular weight is 336 g/mol. The van der Waals surface area contributed by atoms with Crippen LogP contribution in [0.2, 0.25) is 0 Å². The SMILES string of the molecule is C[C@@H](Nc1cc(-c2ccccc2F)nc2ccnn12)c1cnn(C)c1. The Kier molecular flexibility index (Phi) is 3.68. The highest BCUT2D eigenvalue weighted by atomic mass is 19.1. The minimum absolute atomic E-state index is 0.0111. The molecule has 0 fully saturated rings. The van der Waals surface area contributed by atoms with E-state index in [0.29, 0.717) is 16.9 Å². The lowest BCUT2D eigenvalue weighted by molar-refractivity contribution is 0.630. The minimum atomic E-state index is -0.301. The van der Waals surface area contributed by atoms with E-state index in [2.05, 4.69) is 20.5 Å². The maximum Gasteiger partial charge on any atom is 0.157 e. The van der Waals surface area contributed by atoms with Gasteiger partial charge in [-0.1, -0.05) is 12.1 Å². The zero-order valence-electron chi connectivity index (χ0n) is 13.9. The number of aromatic nitrogens is 5. The summed E-state index contributed by atoms with van der Waals surface area (Å²) in [6.07, 6.45) is 5.45. The van der Waals surface area contributed by atoms with Crippen molar-refractivity contribution in [3.05, 3.63) is 66.4 Å². The Bertz CT molecular complexity index is 1030. The summed E-state index contributed by atoms with van der Waals surface area (Å²) in [5.41, 5.74) is 2.73. The van der Waals surface area contributed by atoms with Crippen LogP contribution in [0.4, 0.5) is 10.2 Å². The molecule has 6 nitrogen and oxygen atoms in total. The zero-order valence-corrected chi connectivity index (χ0v) is 13.9. The van der Waals surface area contributed by atoms with Crippen molar-refractivity contribution in [1.82, 2.24) is 24.4 Å². The topological polar surface area (TPSA) is 60.0 Å². The van der Waals surface area contributed by atoms with E-state index < -0.39 is 0 Å². The Labute approximate surface area is 143 Å². The molecule has 0 amide bonds. The van der Waals surface area contributed by atoms with Gasteiger partial charge in [0.05, 0.1) is 24.1 Å². The van der Waals surface area contributed by atoms with Gasteiger partial charge in [-0.2, -0.15) is 14.7 Å². The summed E-state index contributed by atoms with van der Waals surface area (Å²) in [7, 11) is 1.88. The van der Waals surface area contributed by atoms with Crippen LogP contribution in [0, 0.1) is 5.82 Å². The minimum Gasteiger partial charge on any atom is -0.363 e. The van der Waals surface area contributed by atoms with Crippen molar-refractivity contribution in [2.75, 3.05) is 5.32 Å². The first-order valence-electron chi connectivity index (χ1n) is 7.96. The lowest BCUT2D eigenvalue weighted by Crippen LogP contribution is -2.11. The summed E-state index contributed by atoms with van der Waals surface area (Å²) in [5.74, 6) is 0.440. The van der Waals surface area contributed by atoms with E-state index in [0.717, 1.165) is 11.4 Å². The summed E-state index contributed by atoms with van der Waals surface area (Å²) in [4.78, 5) is 4.52. The zero-order chi connectivity index (χ0) is 17.4. The molecule has 7 heteroatoms. The lowest BCUT2D eigenvalue weighted by Gasteiger charge is -2.16. The fraction of sp³-hybridized carbons (Fsp3) is 0.167. The summed E-state index contributed by atoms with van der Waals surface area (Å²) in [6.45, 7) is 2.04. The van der Waals surface area contributed by atoms with Crippen LogP contribution >= 0.6 is 0 Å². The van der Waals surface area contributed by atoms with Crippen molar-refractivity contribution in [3.8, 4) is 11.3 Å². The van der Waals surface area contributed by atoms with Gasteiger partial charge in [-0.15, -0.1) is 0 Å². The monoisotopic (exact) mass is 336 g/mol. The highest BCUT2D eigenvalue weighted by Crippen LogP contribution is 2.26. The summed E-state index contributed by atoms with van der Waals surface area (Å²) >= 11 is 0. The van der Waals surface area contributed by atoms with Crippen LogP contribution in [-0.2, 0) is 7.05 Å². The number of hydrogen-bond acceptors (Lipinski definition) is 4. The smallest absolute Gasteiger partial charge is 0.157 e. The molecule has 1 aromatic carbocycles. The number of halogens is 1. The van der Waals surface area contributed by atoms with Gasteiger partial charge in [0.1, 0.15) is 11.6 Å². The van der Waals surface area contributed by atoms with Gasteiger partial charge in [-0.05, 0) is 19.1 Å². The summed E-state index contributed by atoms with van der Waals surface area (Å²) in [6, 6.07) is 10.2. The van der Waals surface area contributed by atoms with E-state index in [-0.39, 0.29) is 11.9 Å². The van der Waals surface area contributed by atoms with Crippen LogP contribution < -0.4 is 5.32 Å². The Morgan fingerprint density at radius 2 is 2.00 bits per heavy atom. The maximum absolute atomic E-state index is 14.2. The molecule has 0 saturated carbocycles. The van der Waals surface area contributed by atoms with Crippen molar-refractivity contribution in [2.45, 2.75) is 13.0 Å². The van der Waals surface area contributed by atoms with Gasteiger partial charge in [0.2, 0.25) is 0 Å². The van der Waals surface area contributed by atoms with Crippen molar-refractivity contribution in [3.63, 3.8) is 0 Å². The fourth-order valence-electron chi connectivity index (χ4n) is 2.79. The van der Waals surface area contributed by atoms with Gasteiger partial charge in [0.15, 0.2) is 5.65 Å². The predicted molar refractivity (Wildman–Crippen MR) is 93.6 cm³/mol. The van der Waals surface area contributed by atoms with Crippen LogP contribution in [0.25, 0.3) is 16.9 Å². The van der Waals surface area contributed by atoms with Crippen molar-refractivity contribution < 1.29 is 4.39 Å². The first-order chi connectivity index (χ1) is 12.1. The van der Waals surface area contributed by atoms with Gasteiger partial charge in [0, 0.05) is 36.5 Å². The van der Waals surface area contributed by atoms with Crippen LogP contribution in [0.1, 0.15) is 18.5 Å². The third kappa shape index (κ3) is 2.84. The molecule has 0 aliphatic heterocycles. The highest BCUT2D eigenvalue weighted by molar-refractivity contribution is 5.67. The number of fused-ring (bicyclic) bond motifs is 1. The average Bonchev–Trinajstić information content (AvgIpc) is 3.24. The highest BCUT2D eigenvalue weighted by Gasteiger charge is 2.14. The molecule has 3 aromatic heterocycles. The number of aryl methyl sites for hydroxylation is 1. The molecule has 4 aromatic rings. The first-order valence-corrected chi connectivity index (χ1v) is 7.96. The fourth-order valence-corrected chi connectivity index (χ4v) is 2.79. The number of nitrogens with one attached hydrogen (secondary N) is 1. The largest absolute Gasteiger partial charge is 0.363 e.